The van der Waals surface area contributed by atoms with Gasteiger partial charge in [0.2, 0.25) is 0 Å². The molecule has 0 fully saturated rings. The van der Waals surface area contributed by atoms with E-state index in [1.54, 1.807) is 24.3 Å². The summed E-state index contributed by atoms with van der Waals surface area (Å²) in [4.78, 5) is 26.5. The second kappa shape index (κ2) is 7.21. The molecular formula is C19H14ClF3N4O3. The van der Waals surface area contributed by atoms with Gasteiger partial charge in [-0.1, -0.05) is 29.8 Å². The predicted molar refractivity (Wildman–Crippen MR) is 105 cm³/mol. The van der Waals surface area contributed by atoms with Crippen molar-refractivity contribution in [1.29, 1.82) is 0 Å². The maximum Gasteiger partial charge on any atom is 0.414 e. The maximum absolute atomic E-state index is 14.0. The molecule has 0 saturated carbocycles. The van der Waals surface area contributed by atoms with Crippen molar-refractivity contribution in [2.24, 2.45) is 0 Å². The van der Waals surface area contributed by atoms with Crippen LogP contribution in [0.1, 0.15) is 17.3 Å². The molecule has 11 heteroatoms. The Morgan fingerprint density at radius 3 is 2.70 bits per heavy atom. The Bertz CT molecular complexity index is 1160. The fourth-order valence-electron chi connectivity index (χ4n) is 3.73. The molecule has 0 unspecified atom stereocenters. The van der Waals surface area contributed by atoms with Gasteiger partial charge in [-0.15, -0.1) is 0 Å². The lowest BCUT2D eigenvalue weighted by atomic mass is 9.97. The number of para-hydroxylation sites is 1. The van der Waals surface area contributed by atoms with Crippen molar-refractivity contribution in [3.8, 4) is 0 Å². The summed E-state index contributed by atoms with van der Waals surface area (Å²) in [5.74, 6) is 0. The van der Waals surface area contributed by atoms with Gasteiger partial charge in [0.1, 0.15) is 5.02 Å². The van der Waals surface area contributed by atoms with Crippen LogP contribution in [0.3, 0.4) is 0 Å². The number of alkyl halides is 3. The number of nitrogens with one attached hydrogen (secondary N) is 2. The molecule has 1 aliphatic heterocycles. The first-order chi connectivity index (χ1) is 14.2. The standard InChI is InChI=1S/C19H14ClF3N4O3/c20-13-6-5-10(9-15(13)27(29)30)24-18(28)26-8-7-12-11-3-1-2-4-14(11)25-16(12)17(26)19(21,22)23/h1-6,9,17,25H,7-8H2,(H,24,28)/t17-/m1/s1. The number of halogens is 4. The molecule has 0 saturated heterocycles. The van der Waals surface area contributed by atoms with Gasteiger partial charge in [0, 0.05) is 29.2 Å². The van der Waals surface area contributed by atoms with Crippen LogP contribution in [0.5, 0.6) is 0 Å². The topological polar surface area (TPSA) is 91.3 Å². The van der Waals surface area contributed by atoms with Crippen molar-refractivity contribution in [2.45, 2.75) is 18.6 Å². The molecule has 2 N–H and O–H groups in total. The summed E-state index contributed by atoms with van der Waals surface area (Å²) in [6, 6.07) is 7.17. The summed E-state index contributed by atoms with van der Waals surface area (Å²) in [6.07, 6.45) is -4.49. The zero-order chi connectivity index (χ0) is 21.6. The lowest BCUT2D eigenvalue weighted by Gasteiger charge is -2.36. The first-order valence-electron chi connectivity index (χ1n) is 8.84. The number of carbonyl (C=O) groups is 1. The predicted octanol–water partition coefficient (Wildman–Crippen LogP) is 5.42. The number of nitrogens with zero attached hydrogens (tertiary/aromatic N) is 2. The molecule has 0 bridgehead atoms. The molecule has 2 aromatic carbocycles. The van der Waals surface area contributed by atoms with E-state index in [-0.39, 0.29) is 29.4 Å². The Kier molecular flexibility index (Phi) is 4.81. The third-order valence-electron chi connectivity index (χ3n) is 5.00. The van der Waals surface area contributed by atoms with Crippen molar-refractivity contribution in [3.05, 3.63) is 68.9 Å². The molecule has 0 aliphatic carbocycles. The normalized spacial score (nSPS) is 16.4. The highest BCUT2D eigenvalue weighted by Crippen LogP contribution is 2.44. The number of rotatable bonds is 2. The van der Waals surface area contributed by atoms with Gasteiger partial charge in [-0.3, -0.25) is 10.1 Å². The Morgan fingerprint density at radius 1 is 1.27 bits per heavy atom. The SMILES string of the molecule is O=C(Nc1ccc(Cl)c([N+](=O)[O-])c1)N1CCc2c([nH]c3ccccc23)[C@@H]1C(F)(F)F. The number of nitro benzene ring substituents is 1. The van der Waals surface area contributed by atoms with Gasteiger partial charge < -0.3 is 15.2 Å². The quantitative estimate of drug-likeness (QED) is 0.413. The van der Waals surface area contributed by atoms with E-state index in [1.165, 1.54) is 12.1 Å². The van der Waals surface area contributed by atoms with Crippen LogP contribution in [0.15, 0.2) is 42.5 Å². The second-order valence-corrected chi connectivity index (χ2v) is 7.21. The number of hydrogen-bond donors (Lipinski definition) is 2. The first kappa shape index (κ1) is 20.0. The molecule has 7 nitrogen and oxygen atoms in total. The highest BCUT2D eigenvalue weighted by molar-refractivity contribution is 6.32. The molecule has 30 heavy (non-hydrogen) atoms. The van der Waals surface area contributed by atoms with Gasteiger partial charge in [-0.2, -0.15) is 13.2 Å². The molecule has 1 atom stereocenters. The highest BCUT2D eigenvalue weighted by Gasteiger charge is 2.50. The molecule has 1 aliphatic rings. The number of H-pyrrole nitrogens is 1. The van der Waals surface area contributed by atoms with Gasteiger partial charge >= 0.3 is 12.2 Å². The molecule has 156 valence electrons. The number of aromatic amines is 1. The van der Waals surface area contributed by atoms with Crippen molar-refractivity contribution < 1.29 is 22.9 Å². The van der Waals surface area contributed by atoms with E-state index in [9.17, 15) is 28.1 Å². The number of hydrogen-bond acceptors (Lipinski definition) is 3. The van der Waals surface area contributed by atoms with E-state index in [0.29, 0.717) is 21.4 Å². The van der Waals surface area contributed by atoms with Gasteiger partial charge in [0.15, 0.2) is 6.04 Å². The van der Waals surface area contributed by atoms with Crippen LogP contribution in [0.2, 0.25) is 5.02 Å². The summed E-state index contributed by atoms with van der Waals surface area (Å²) in [7, 11) is 0. The maximum atomic E-state index is 14.0. The Morgan fingerprint density at radius 2 is 2.00 bits per heavy atom. The van der Waals surface area contributed by atoms with Crippen molar-refractivity contribution in [1.82, 2.24) is 9.88 Å². The van der Waals surface area contributed by atoms with E-state index in [2.05, 4.69) is 10.3 Å². The molecular weight excluding hydrogens is 425 g/mol. The molecule has 4 rings (SSSR count). The van der Waals surface area contributed by atoms with Crippen LogP contribution < -0.4 is 5.32 Å². The summed E-state index contributed by atoms with van der Waals surface area (Å²) < 4.78 is 41.9. The van der Waals surface area contributed by atoms with Crippen LogP contribution in [-0.2, 0) is 6.42 Å². The Labute approximate surface area is 172 Å². The third kappa shape index (κ3) is 3.43. The average molecular weight is 439 g/mol. The summed E-state index contributed by atoms with van der Waals surface area (Å²) in [5.41, 5.74) is 0.525. The smallest absolute Gasteiger partial charge is 0.356 e. The largest absolute Gasteiger partial charge is 0.414 e. The van der Waals surface area contributed by atoms with Crippen LogP contribution in [0, 0.1) is 10.1 Å². The number of fused-ring (bicyclic) bond motifs is 3. The van der Waals surface area contributed by atoms with Crippen molar-refractivity contribution in [3.63, 3.8) is 0 Å². The average Bonchev–Trinajstić information content (AvgIpc) is 3.06. The lowest BCUT2D eigenvalue weighted by Crippen LogP contribution is -2.48. The molecule has 0 spiro atoms. The number of carbonyl (C=O) groups excluding carboxylic acids is 1. The van der Waals surface area contributed by atoms with Crippen molar-refractivity contribution >= 4 is 39.9 Å². The fourth-order valence-corrected chi connectivity index (χ4v) is 3.91. The van der Waals surface area contributed by atoms with Crippen LogP contribution in [-0.4, -0.2) is 33.6 Å². The minimum atomic E-state index is -4.72. The molecule has 3 aromatic rings. The fraction of sp³-hybridized carbons (Fsp3) is 0.211. The zero-order valence-electron chi connectivity index (χ0n) is 15.2. The van der Waals surface area contributed by atoms with Crippen LogP contribution in [0.4, 0.5) is 29.3 Å². The number of amides is 2. The van der Waals surface area contributed by atoms with Gasteiger partial charge in [0.05, 0.1) is 10.6 Å². The molecule has 1 aromatic heterocycles. The second-order valence-electron chi connectivity index (χ2n) is 6.80. The zero-order valence-corrected chi connectivity index (χ0v) is 15.9. The van der Waals surface area contributed by atoms with E-state index < -0.39 is 28.9 Å². The molecule has 2 amide bonds. The van der Waals surface area contributed by atoms with Crippen molar-refractivity contribution in [2.75, 3.05) is 11.9 Å². The summed E-state index contributed by atoms with van der Waals surface area (Å²) >= 11 is 5.74. The number of nitro groups is 1. The van der Waals surface area contributed by atoms with Gasteiger partial charge in [-0.25, -0.2) is 4.79 Å². The minimum absolute atomic E-state index is 0.0283. The number of urea groups is 1. The van der Waals surface area contributed by atoms with E-state index in [0.717, 1.165) is 6.07 Å². The Balaban J connectivity index is 1.69. The van der Waals surface area contributed by atoms with Crippen LogP contribution >= 0.6 is 11.6 Å². The van der Waals surface area contributed by atoms with Crippen LogP contribution in [0.25, 0.3) is 10.9 Å². The van der Waals surface area contributed by atoms with E-state index in [4.69, 9.17) is 11.6 Å². The van der Waals surface area contributed by atoms with Gasteiger partial charge in [0.25, 0.3) is 5.69 Å². The number of benzene rings is 2. The molecule has 2 heterocycles. The third-order valence-corrected chi connectivity index (χ3v) is 5.32. The van der Waals surface area contributed by atoms with E-state index >= 15 is 0 Å². The number of aromatic nitrogens is 1. The summed E-state index contributed by atoms with van der Waals surface area (Å²) in [5, 5.41) is 13.9. The monoisotopic (exact) mass is 438 g/mol. The highest BCUT2D eigenvalue weighted by atomic mass is 35.5. The van der Waals surface area contributed by atoms with E-state index in [1.807, 2.05) is 0 Å². The van der Waals surface area contributed by atoms with Gasteiger partial charge in [-0.05, 0) is 30.2 Å². The first-order valence-corrected chi connectivity index (χ1v) is 9.22. The summed E-state index contributed by atoms with van der Waals surface area (Å²) in [6.45, 7) is -0.166. The minimum Gasteiger partial charge on any atom is -0.356 e. The number of anilines is 1. The lowest BCUT2D eigenvalue weighted by molar-refractivity contribution is -0.384. The molecule has 0 radical (unpaired) electrons. The Hall–Kier alpha value is -3.27.